The zero-order chi connectivity index (χ0) is 17.4. The second-order valence-electron chi connectivity index (χ2n) is 5.22. The van der Waals surface area contributed by atoms with Gasteiger partial charge in [-0.25, -0.2) is 4.39 Å². The fourth-order valence-electron chi connectivity index (χ4n) is 2.32. The van der Waals surface area contributed by atoms with Crippen LogP contribution in [0.2, 0.25) is 0 Å². The van der Waals surface area contributed by atoms with E-state index in [4.69, 9.17) is 5.41 Å². The minimum Gasteiger partial charge on any atom is -0.282 e. The second kappa shape index (κ2) is 6.06. The van der Waals surface area contributed by atoms with Crippen LogP contribution < -0.4 is 0 Å². The molecule has 25 heavy (non-hydrogen) atoms. The van der Waals surface area contributed by atoms with Gasteiger partial charge in [0.25, 0.3) is 5.91 Å². The van der Waals surface area contributed by atoms with E-state index in [0.717, 1.165) is 5.56 Å². The van der Waals surface area contributed by atoms with Crippen molar-refractivity contribution in [3.63, 3.8) is 0 Å². The number of carbonyl (C=O) groups is 1. The van der Waals surface area contributed by atoms with E-state index >= 15 is 0 Å². The summed E-state index contributed by atoms with van der Waals surface area (Å²) in [5, 5.41) is 14.9. The molecule has 0 aliphatic carbocycles. The van der Waals surface area contributed by atoms with E-state index in [2.05, 4.69) is 15.1 Å². The van der Waals surface area contributed by atoms with Crippen molar-refractivity contribution in [2.24, 2.45) is 10.1 Å². The van der Waals surface area contributed by atoms with E-state index in [1.165, 1.54) is 47.1 Å². The highest BCUT2D eigenvalue weighted by Gasteiger charge is 2.36. The molecule has 8 heteroatoms. The molecule has 0 spiro atoms. The van der Waals surface area contributed by atoms with Crippen LogP contribution in [-0.2, 0) is 4.79 Å². The predicted octanol–water partition coefficient (Wildman–Crippen LogP) is 2.89. The van der Waals surface area contributed by atoms with Crippen molar-refractivity contribution in [3.05, 3.63) is 71.3 Å². The number of halogens is 1. The Kier molecular flexibility index (Phi) is 3.73. The fourth-order valence-corrected chi connectivity index (χ4v) is 3.20. The van der Waals surface area contributed by atoms with Crippen LogP contribution in [0.1, 0.15) is 11.1 Å². The summed E-state index contributed by atoms with van der Waals surface area (Å²) < 4.78 is 13.0. The van der Waals surface area contributed by atoms with Crippen molar-refractivity contribution in [1.29, 1.82) is 5.41 Å². The monoisotopic (exact) mass is 351 g/mol. The first-order valence-corrected chi connectivity index (χ1v) is 8.10. The molecule has 2 aliphatic rings. The molecule has 0 atom stereocenters. The third-order valence-electron chi connectivity index (χ3n) is 3.54. The van der Waals surface area contributed by atoms with Crippen LogP contribution in [0.4, 0.5) is 4.39 Å². The summed E-state index contributed by atoms with van der Waals surface area (Å²) in [5.74, 6) is -0.949. The second-order valence-corrected chi connectivity index (χ2v) is 6.17. The van der Waals surface area contributed by atoms with E-state index in [0.29, 0.717) is 15.8 Å². The molecular formula is C17H10FN5OS. The molecule has 1 aromatic carbocycles. The first-order valence-electron chi connectivity index (χ1n) is 7.28. The number of aliphatic imine (C=N–C) groups is 1. The summed E-state index contributed by atoms with van der Waals surface area (Å²) in [5.41, 5.74) is 1.50. The van der Waals surface area contributed by atoms with Crippen molar-refractivity contribution in [2.45, 2.75) is 0 Å². The molecule has 4 rings (SSSR count). The highest BCUT2D eigenvalue weighted by Crippen LogP contribution is 2.30. The van der Waals surface area contributed by atoms with Crippen molar-refractivity contribution >= 4 is 39.8 Å². The number of hydrogen-bond donors (Lipinski definition) is 1. The molecule has 1 N–H and O–H groups in total. The van der Waals surface area contributed by atoms with Gasteiger partial charge in [0, 0.05) is 18.0 Å². The number of carbonyl (C=O) groups excluding carboxylic acids is 1. The molecule has 2 aliphatic heterocycles. The van der Waals surface area contributed by atoms with Gasteiger partial charge < -0.3 is 0 Å². The van der Waals surface area contributed by atoms with Crippen LogP contribution in [0, 0.1) is 11.2 Å². The van der Waals surface area contributed by atoms with Gasteiger partial charge in [0.15, 0.2) is 5.84 Å². The van der Waals surface area contributed by atoms with Crippen molar-refractivity contribution < 1.29 is 9.18 Å². The van der Waals surface area contributed by atoms with Crippen molar-refractivity contribution in [1.82, 2.24) is 9.99 Å². The molecule has 6 nitrogen and oxygen atoms in total. The van der Waals surface area contributed by atoms with E-state index < -0.39 is 5.91 Å². The number of hydrazone groups is 1. The third kappa shape index (κ3) is 2.87. The molecule has 0 fully saturated rings. The molecule has 0 saturated heterocycles. The van der Waals surface area contributed by atoms with Crippen molar-refractivity contribution in [3.8, 4) is 0 Å². The number of nitrogens with zero attached hydrogens (tertiary/aromatic N) is 4. The normalized spacial score (nSPS) is 18.3. The predicted molar refractivity (Wildman–Crippen MR) is 94.7 cm³/mol. The average Bonchev–Trinajstić information content (AvgIpc) is 3.05. The van der Waals surface area contributed by atoms with Crippen LogP contribution in [0.25, 0.3) is 6.08 Å². The Morgan fingerprint density at radius 3 is 2.72 bits per heavy atom. The SMILES string of the molecule is N=C1/C(=C/c2ccc(F)cc2)C(=O)N=C2SC(c3cccnc3)=NN12. The molecule has 2 aromatic rings. The van der Waals surface area contributed by atoms with Gasteiger partial charge in [-0.1, -0.05) is 12.1 Å². The number of benzene rings is 1. The maximum atomic E-state index is 13.0. The molecule has 0 radical (unpaired) electrons. The van der Waals surface area contributed by atoms with Gasteiger partial charge in [-0.2, -0.15) is 15.1 Å². The van der Waals surface area contributed by atoms with Gasteiger partial charge >= 0.3 is 0 Å². The van der Waals surface area contributed by atoms with Gasteiger partial charge in [0.1, 0.15) is 10.9 Å². The fraction of sp³-hybridized carbons (Fsp3) is 0. The van der Waals surface area contributed by atoms with Gasteiger partial charge in [-0.3, -0.25) is 15.2 Å². The first kappa shape index (κ1) is 15.4. The quantitative estimate of drug-likeness (QED) is 0.844. The molecule has 1 aromatic heterocycles. The van der Waals surface area contributed by atoms with E-state index in [9.17, 15) is 9.18 Å². The number of amides is 1. The summed E-state index contributed by atoms with van der Waals surface area (Å²) in [6.07, 6.45) is 4.82. The smallest absolute Gasteiger partial charge is 0.282 e. The first-order chi connectivity index (χ1) is 12.1. The summed E-state index contributed by atoms with van der Waals surface area (Å²) in [7, 11) is 0. The lowest BCUT2D eigenvalue weighted by Gasteiger charge is -2.20. The minimum absolute atomic E-state index is 0.0642. The zero-order valence-corrected chi connectivity index (χ0v) is 13.5. The maximum absolute atomic E-state index is 13.0. The molecule has 1 amide bonds. The number of nitrogens with one attached hydrogen (secondary N) is 1. The lowest BCUT2D eigenvalue weighted by Crippen LogP contribution is -2.35. The van der Waals surface area contributed by atoms with Gasteiger partial charge in [0.2, 0.25) is 5.17 Å². The Morgan fingerprint density at radius 2 is 2.00 bits per heavy atom. The summed E-state index contributed by atoms with van der Waals surface area (Å²) in [6, 6.07) is 9.29. The Balaban J connectivity index is 1.69. The molecule has 122 valence electrons. The van der Waals surface area contributed by atoms with E-state index in [1.807, 2.05) is 6.07 Å². The Hall–Kier alpha value is -3.13. The minimum atomic E-state index is -0.518. The summed E-state index contributed by atoms with van der Waals surface area (Å²) >= 11 is 1.21. The topological polar surface area (TPSA) is 81.8 Å². The van der Waals surface area contributed by atoms with Gasteiger partial charge in [-0.15, -0.1) is 0 Å². The number of fused-ring (bicyclic) bond motifs is 1. The van der Waals surface area contributed by atoms with Crippen LogP contribution in [0.3, 0.4) is 0 Å². The molecule has 3 heterocycles. The van der Waals surface area contributed by atoms with Crippen molar-refractivity contribution in [2.75, 3.05) is 0 Å². The van der Waals surface area contributed by atoms with Crippen LogP contribution in [-0.4, -0.2) is 31.9 Å². The highest BCUT2D eigenvalue weighted by atomic mass is 32.2. The Morgan fingerprint density at radius 1 is 1.20 bits per heavy atom. The number of pyridine rings is 1. The number of rotatable bonds is 2. The van der Waals surface area contributed by atoms with Crippen LogP contribution in [0.5, 0.6) is 0 Å². The zero-order valence-electron chi connectivity index (χ0n) is 12.7. The lowest BCUT2D eigenvalue weighted by atomic mass is 10.1. The van der Waals surface area contributed by atoms with Crippen LogP contribution >= 0.6 is 11.8 Å². The summed E-state index contributed by atoms with van der Waals surface area (Å²) in [4.78, 5) is 20.3. The average molecular weight is 351 g/mol. The van der Waals surface area contributed by atoms with E-state index in [1.54, 1.807) is 18.5 Å². The highest BCUT2D eigenvalue weighted by molar-refractivity contribution is 8.27. The van der Waals surface area contributed by atoms with Gasteiger partial charge in [-0.05, 0) is 47.7 Å². The molecule has 0 saturated carbocycles. The van der Waals surface area contributed by atoms with Crippen LogP contribution in [0.15, 0.2) is 64.5 Å². The maximum Gasteiger partial charge on any atom is 0.283 e. The standard InChI is InChI=1S/C17H10FN5OS/c18-12-5-3-10(4-6-12)8-13-14(19)23-17(21-15(13)24)25-16(22-23)11-2-1-7-20-9-11/h1-9,19H/b13-8-,19-14?. The Bertz CT molecular complexity index is 966. The largest absolute Gasteiger partial charge is 0.283 e. The van der Waals surface area contributed by atoms with E-state index in [-0.39, 0.29) is 17.2 Å². The number of aromatic nitrogens is 1. The molecule has 0 unspecified atom stereocenters. The Labute approximate surface area is 146 Å². The summed E-state index contributed by atoms with van der Waals surface area (Å²) in [6.45, 7) is 0. The molecular weight excluding hydrogens is 341 g/mol. The lowest BCUT2D eigenvalue weighted by molar-refractivity contribution is -0.114. The number of thioether (sulfide) groups is 1. The van der Waals surface area contributed by atoms with Gasteiger partial charge in [0.05, 0.1) is 5.57 Å². The number of amidine groups is 2. The number of hydrogen-bond acceptors (Lipinski definition) is 5. The molecule has 0 bridgehead atoms. The third-order valence-corrected chi connectivity index (χ3v) is 4.50.